The van der Waals surface area contributed by atoms with E-state index in [-0.39, 0.29) is 5.91 Å². The summed E-state index contributed by atoms with van der Waals surface area (Å²) >= 11 is 12.3. The number of anilines is 1. The normalized spacial score (nSPS) is 14.2. The van der Waals surface area contributed by atoms with E-state index in [0.29, 0.717) is 58.8 Å². The van der Waals surface area contributed by atoms with Crippen molar-refractivity contribution in [1.29, 1.82) is 0 Å². The maximum atomic E-state index is 12.9. The zero-order valence-electron chi connectivity index (χ0n) is 17.2. The number of rotatable bonds is 3. The van der Waals surface area contributed by atoms with E-state index in [4.69, 9.17) is 23.2 Å². The lowest BCUT2D eigenvalue weighted by molar-refractivity contribution is 0.0747. The summed E-state index contributed by atoms with van der Waals surface area (Å²) in [7, 11) is 0. The summed E-state index contributed by atoms with van der Waals surface area (Å²) in [4.78, 5) is 25.7. The molecule has 1 aliphatic rings. The molecule has 0 radical (unpaired) electrons. The van der Waals surface area contributed by atoms with Gasteiger partial charge in [0.25, 0.3) is 5.91 Å². The molecule has 2 aromatic carbocycles. The van der Waals surface area contributed by atoms with Gasteiger partial charge >= 0.3 is 0 Å². The van der Waals surface area contributed by atoms with Gasteiger partial charge < -0.3 is 9.80 Å². The molecule has 8 nitrogen and oxygen atoms in total. The number of fused-ring (bicyclic) bond motifs is 1. The van der Waals surface area contributed by atoms with Crippen molar-refractivity contribution < 1.29 is 4.79 Å². The predicted octanol–water partition coefficient (Wildman–Crippen LogP) is 3.79. The van der Waals surface area contributed by atoms with Gasteiger partial charge in [-0.25, -0.2) is 9.97 Å². The van der Waals surface area contributed by atoms with Crippen LogP contribution in [-0.2, 0) is 0 Å². The molecule has 3 heterocycles. The Morgan fingerprint density at radius 3 is 2.47 bits per heavy atom. The Morgan fingerprint density at radius 1 is 0.969 bits per heavy atom. The molecule has 0 N–H and O–H groups in total. The van der Waals surface area contributed by atoms with E-state index < -0.39 is 0 Å². The van der Waals surface area contributed by atoms with Crippen LogP contribution in [-0.4, -0.2) is 61.9 Å². The maximum Gasteiger partial charge on any atom is 0.255 e. The summed E-state index contributed by atoms with van der Waals surface area (Å²) in [6, 6.07) is 12.9. The van der Waals surface area contributed by atoms with Gasteiger partial charge in [0.15, 0.2) is 17.0 Å². The molecule has 1 aliphatic heterocycles. The molecule has 162 valence electrons. The number of amides is 1. The SMILES string of the molecule is Cc1ccc(-n2nnc3c(N4CCN(C(=O)c5cc(Cl)ccc5Cl)CC4)ncnc32)cc1. The van der Waals surface area contributed by atoms with Gasteiger partial charge in [-0.1, -0.05) is 46.1 Å². The second kappa shape index (κ2) is 8.37. The van der Waals surface area contributed by atoms with Crippen LogP contribution in [0.15, 0.2) is 48.8 Å². The minimum atomic E-state index is -0.129. The molecule has 5 rings (SSSR count). The van der Waals surface area contributed by atoms with Crippen LogP contribution in [0.5, 0.6) is 0 Å². The van der Waals surface area contributed by atoms with Gasteiger partial charge in [-0.2, -0.15) is 4.68 Å². The van der Waals surface area contributed by atoms with Crippen LogP contribution in [0.4, 0.5) is 5.82 Å². The number of hydrogen-bond acceptors (Lipinski definition) is 6. The summed E-state index contributed by atoms with van der Waals surface area (Å²) in [5, 5.41) is 9.52. The van der Waals surface area contributed by atoms with E-state index in [2.05, 4.69) is 25.2 Å². The lowest BCUT2D eigenvalue weighted by Crippen LogP contribution is -2.49. The molecular weight excluding hydrogens is 449 g/mol. The summed E-state index contributed by atoms with van der Waals surface area (Å²) in [6.45, 7) is 4.30. The molecule has 0 bridgehead atoms. The van der Waals surface area contributed by atoms with Crippen molar-refractivity contribution in [2.45, 2.75) is 6.92 Å². The maximum absolute atomic E-state index is 12.9. The predicted molar refractivity (Wildman–Crippen MR) is 124 cm³/mol. The Balaban J connectivity index is 1.37. The summed E-state index contributed by atoms with van der Waals surface area (Å²) in [5.74, 6) is 0.580. The van der Waals surface area contributed by atoms with E-state index in [0.717, 1.165) is 5.69 Å². The van der Waals surface area contributed by atoms with Crippen molar-refractivity contribution in [2.24, 2.45) is 0 Å². The molecule has 1 saturated heterocycles. The fourth-order valence-electron chi connectivity index (χ4n) is 3.78. The Kier molecular flexibility index (Phi) is 5.40. The van der Waals surface area contributed by atoms with Crippen molar-refractivity contribution in [3.8, 4) is 5.69 Å². The molecule has 0 atom stereocenters. The number of carbonyl (C=O) groups is 1. The first-order chi connectivity index (χ1) is 15.5. The highest BCUT2D eigenvalue weighted by atomic mass is 35.5. The highest BCUT2D eigenvalue weighted by Gasteiger charge is 2.26. The third kappa shape index (κ3) is 3.76. The van der Waals surface area contributed by atoms with Crippen molar-refractivity contribution in [2.75, 3.05) is 31.1 Å². The second-order valence-electron chi connectivity index (χ2n) is 7.61. The van der Waals surface area contributed by atoms with Crippen molar-refractivity contribution in [3.05, 3.63) is 70.0 Å². The Labute approximate surface area is 194 Å². The van der Waals surface area contributed by atoms with Crippen LogP contribution in [0.25, 0.3) is 16.9 Å². The zero-order chi connectivity index (χ0) is 22.2. The van der Waals surface area contributed by atoms with Crippen LogP contribution in [0.3, 0.4) is 0 Å². The summed E-state index contributed by atoms with van der Waals surface area (Å²) in [5.41, 5.74) is 3.74. The topological polar surface area (TPSA) is 80.0 Å². The van der Waals surface area contributed by atoms with Gasteiger partial charge in [-0.3, -0.25) is 4.79 Å². The van der Waals surface area contributed by atoms with Gasteiger partial charge in [0, 0.05) is 31.2 Å². The molecule has 32 heavy (non-hydrogen) atoms. The molecule has 0 aliphatic carbocycles. The first-order valence-electron chi connectivity index (χ1n) is 10.1. The number of carbonyl (C=O) groups excluding carboxylic acids is 1. The molecule has 0 unspecified atom stereocenters. The number of aryl methyl sites for hydroxylation is 1. The average Bonchev–Trinajstić information content (AvgIpc) is 3.25. The van der Waals surface area contributed by atoms with Crippen molar-refractivity contribution in [1.82, 2.24) is 29.9 Å². The van der Waals surface area contributed by atoms with Gasteiger partial charge in [0.2, 0.25) is 0 Å². The zero-order valence-corrected chi connectivity index (χ0v) is 18.8. The largest absolute Gasteiger partial charge is 0.351 e. The molecule has 1 fully saturated rings. The monoisotopic (exact) mass is 467 g/mol. The van der Waals surface area contributed by atoms with Crippen molar-refractivity contribution in [3.63, 3.8) is 0 Å². The Bertz CT molecular complexity index is 1300. The van der Waals surface area contributed by atoms with Crippen LogP contribution >= 0.6 is 23.2 Å². The Hall–Kier alpha value is -3.23. The first-order valence-corrected chi connectivity index (χ1v) is 10.9. The number of benzene rings is 2. The van der Waals surface area contributed by atoms with Gasteiger partial charge in [0.1, 0.15) is 6.33 Å². The fourth-order valence-corrected chi connectivity index (χ4v) is 4.15. The van der Waals surface area contributed by atoms with E-state index in [1.165, 1.54) is 11.9 Å². The Morgan fingerprint density at radius 2 is 1.72 bits per heavy atom. The number of halogens is 2. The van der Waals surface area contributed by atoms with Crippen molar-refractivity contribution >= 4 is 46.1 Å². The van der Waals surface area contributed by atoms with Crippen LogP contribution in [0.1, 0.15) is 15.9 Å². The highest BCUT2D eigenvalue weighted by molar-refractivity contribution is 6.35. The molecule has 10 heteroatoms. The molecule has 0 spiro atoms. The smallest absolute Gasteiger partial charge is 0.255 e. The number of aromatic nitrogens is 5. The van der Waals surface area contributed by atoms with E-state index in [9.17, 15) is 4.79 Å². The molecule has 0 saturated carbocycles. The first kappa shape index (κ1) is 20.7. The number of nitrogens with zero attached hydrogens (tertiary/aromatic N) is 7. The summed E-state index contributed by atoms with van der Waals surface area (Å²) < 4.78 is 1.71. The minimum Gasteiger partial charge on any atom is -0.351 e. The third-order valence-corrected chi connectivity index (χ3v) is 6.09. The average molecular weight is 468 g/mol. The standard InChI is InChI=1S/C22H19Cl2N7O/c1-14-2-5-16(6-3-14)31-21-19(27-28-31)20(25-13-26-21)29-8-10-30(11-9-29)22(32)17-12-15(23)4-7-18(17)24/h2-7,12-13H,8-11H2,1H3. The lowest BCUT2D eigenvalue weighted by Gasteiger charge is -2.35. The second-order valence-corrected chi connectivity index (χ2v) is 8.45. The minimum absolute atomic E-state index is 0.129. The molecule has 2 aromatic heterocycles. The van der Waals surface area contributed by atoms with Crippen LogP contribution in [0, 0.1) is 6.92 Å². The van der Waals surface area contributed by atoms with Crippen LogP contribution < -0.4 is 4.90 Å². The molecule has 1 amide bonds. The molecular formula is C22H19Cl2N7O. The van der Waals surface area contributed by atoms with E-state index in [1.807, 2.05) is 31.2 Å². The van der Waals surface area contributed by atoms with Gasteiger partial charge in [-0.15, -0.1) is 5.10 Å². The lowest BCUT2D eigenvalue weighted by atomic mass is 10.1. The fraction of sp³-hybridized carbons (Fsp3) is 0.227. The van der Waals surface area contributed by atoms with E-state index >= 15 is 0 Å². The van der Waals surface area contributed by atoms with Gasteiger partial charge in [0.05, 0.1) is 16.3 Å². The van der Waals surface area contributed by atoms with Crippen LogP contribution in [0.2, 0.25) is 10.0 Å². The van der Waals surface area contributed by atoms with E-state index in [1.54, 1.807) is 27.8 Å². The van der Waals surface area contributed by atoms with Gasteiger partial charge in [-0.05, 0) is 37.3 Å². The highest BCUT2D eigenvalue weighted by Crippen LogP contribution is 2.26. The number of hydrogen-bond donors (Lipinski definition) is 0. The molecule has 4 aromatic rings. The third-order valence-electron chi connectivity index (χ3n) is 5.52. The number of piperazine rings is 1. The summed E-state index contributed by atoms with van der Waals surface area (Å²) in [6.07, 6.45) is 1.52. The quantitative estimate of drug-likeness (QED) is 0.455.